The topological polar surface area (TPSA) is 62.8 Å². The van der Waals surface area contributed by atoms with Gasteiger partial charge >= 0.3 is 0 Å². The molecule has 4 rings (SSSR count). The Morgan fingerprint density at radius 1 is 1.03 bits per heavy atom. The van der Waals surface area contributed by atoms with Crippen molar-refractivity contribution in [3.05, 3.63) is 66.4 Å². The van der Waals surface area contributed by atoms with Gasteiger partial charge in [-0.25, -0.2) is 9.97 Å². The van der Waals surface area contributed by atoms with Crippen molar-refractivity contribution in [2.24, 2.45) is 0 Å². The quantitative estimate of drug-likeness (QED) is 0.445. The zero-order valence-corrected chi connectivity index (χ0v) is 21.1. The van der Waals surface area contributed by atoms with Gasteiger partial charge in [0.05, 0.1) is 17.9 Å². The lowest BCUT2D eigenvalue weighted by Crippen LogP contribution is -2.51. The van der Waals surface area contributed by atoms with Crippen LogP contribution in [0.4, 0.5) is 5.69 Å². The van der Waals surface area contributed by atoms with Crippen molar-refractivity contribution in [1.82, 2.24) is 20.2 Å². The van der Waals surface area contributed by atoms with Crippen molar-refractivity contribution in [1.29, 1.82) is 0 Å². The normalized spacial score (nSPS) is 15.9. The fraction of sp³-hybridized carbons (Fsp3) is 0.429. The molecule has 0 spiro atoms. The Hall–Kier alpha value is -3.16. The van der Waals surface area contributed by atoms with E-state index in [1.54, 1.807) is 6.20 Å². The molecule has 1 aliphatic rings. The van der Waals surface area contributed by atoms with Crippen LogP contribution < -0.4 is 19.7 Å². The third-order valence-corrected chi connectivity index (χ3v) is 6.31. The van der Waals surface area contributed by atoms with Crippen molar-refractivity contribution in [2.45, 2.75) is 32.9 Å². The van der Waals surface area contributed by atoms with Crippen molar-refractivity contribution >= 4 is 5.69 Å². The molecule has 1 atom stereocenters. The van der Waals surface area contributed by atoms with Crippen LogP contribution in [0.1, 0.15) is 25.8 Å². The molecule has 0 aliphatic carbocycles. The summed E-state index contributed by atoms with van der Waals surface area (Å²) >= 11 is 0. The molecule has 0 unspecified atom stereocenters. The number of benzene rings is 1. The second-order valence-electron chi connectivity index (χ2n) is 8.84. The Morgan fingerprint density at radius 3 is 2.69 bits per heavy atom. The number of pyridine rings is 2. The number of rotatable bonds is 11. The van der Waals surface area contributed by atoms with Gasteiger partial charge in [-0.15, -0.1) is 0 Å². The third kappa shape index (κ3) is 6.50. The van der Waals surface area contributed by atoms with E-state index in [1.807, 2.05) is 25.1 Å². The van der Waals surface area contributed by atoms with Crippen LogP contribution in [0, 0.1) is 0 Å². The van der Waals surface area contributed by atoms with Crippen molar-refractivity contribution in [2.75, 3.05) is 51.3 Å². The molecule has 1 aromatic carbocycles. The Labute approximate surface area is 209 Å². The van der Waals surface area contributed by atoms with Crippen LogP contribution in [0.25, 0.3) is 11.3 Å². The average molecular weight is 476 g/mol. The molecular weight excluding hydrogens is 438 g/mol. The number of nitrogens with one attached hydrogen (secondary N) is 1. The monoisotopic (exact) mass is 475 g/mol. The van der Waals surface area contributed by atoms with Gasteiger partial charge < -0.3 is 19.7 Å². The van der Waals surface area contributed by atoms with E-state index < -0.39 is 0 Å². The lowest BCUT2D eigenvalue weighted by atomic mass is 10.1. The number of ether oxygens (including phenoxy) is 2. The number of nitrogens with zero attached hydrogens (tertiary/aromatic N) is 4. The van der Waals surface area contributed by atoms with Crippen LogP contribution in [-0.2, 0) is 6.54 Å². The molecule has 1 aliphatic heterocycles. The van der Waals surface area contributed by atoms with Crippen LogP contribution in [0.15, 0.2) is 60.8 Å². The zero-order chi connectivity index (χ0) is 24.5. The van der Waals surface area contributed by atoms with E-state index in [2.05, 4.69) is 70.5 Å². The van der Waals surface area contributed by atoms with Gasteiger partial charge in [0, 0.05) is 45.0 Å². The lowest BCUT2D eigenvalue weighted by molar-refractivity contribution is 0.227. The molecule has 7 heteroatoms. The van der Waals surface area contributed by atoms with Gasteiger partial charge in [-0.3, -0.25) is 4.90 Å². The Kier molecular flexibility index (Phi) is 8.92. The van der Waals surface area contributed by atoms with Gasteiger partial charge in [0.25, 0.3) is 0 Å². The first kappa shape index (κ1) is 24.9. The molecule has 0 amide bonds. The first-order valence-corrected chi connectivity index (χ1v) is 12.6. The number of likely N-dealkylation sites (N-methyl/N-ethyl adjacent to an activating group) is 1. The summed E-state index contributed by atoms with van der Waals surface area (Å²) in [5.74, 6) is 1.26. The van der Waals surface area contributed by atoms with E-state index in [0.717, 1.165) is 56.1 Å². The summed E-state index contributed by atoms with van der Waals surface area (Å²) in [6.07, 6.45) is 2.81. The van der Waals surface area contributed by atoms with Gasteiger partial charge in [0.1, 0.15) is 12.3 Å². The molecule has 3 heterocycles. The smallest absolute Gasteiger partial charge is 0.238 e. The van der Waals surface area contributed by atoms with E-state index in [9.17, 15) is 0 Å². The van der Waals surface area contributed by atoms with Crippen LogP contribution in [0.3, 0.4) is 0 Å². The molecule has 0 bridgehead atoms. The first-order valence-electron chi connectivity index (χ1n) is 12.6. The minimum Gasteiger partial charge on any atom is -0.477 e. The SMILES string of the molecule is CCOc1ncccc1-c1ccc(N2CCNC[C@H]2CC)c(OCCN(C)Cc2ccccc2)n1. The van der Waals surface area contributed by atoms with Crippen molar-refractivity contribution < 1.29 is 9.47 Å². The standard InChI is InChI=1S/C28H37N5O2/c1-4-23-20-29-16-17-33(23)26-14-13-25(24-12-9-15-30-27(24)34-5-2)31-28(26)35-19-18-32(3)21-22-10-7-6-8-11-22/h6-15,23,29H,4-5,16-21H2,1-3H3/t23-/m1/s1. The van der Waals surface area contributed by atoms with Crippen molar-refractivity contribution in [3.8, 4) is 23.0 Å². The predicted octanol–water partition coefficient (Wildman–Crippen LogP) is 4.24. The Morgan fingerprint density at radius 2 is 1.89 bits per heavy atom. The highest BCUT2D eigenvalue weighted by Gasteiger charge is 2.25. The number of hydrogen-bond acceptors (Lipinski definition) is 7. The van der Waals surface area contributed by atoms with Crippen LogP contribution >= 0.6 is 0 Å². The average Bonchev–Trinajstić information content (AvgIpc) is 2.90. The fourth-order valence-corrected chi connectivity index (χ4v) is 4.46. The maximum Gasteiger partial charge on any atom is 0.238 e. The maximum atomic E-state index is 6.38. The van der Waals surface area contributed by atoms with E-state index >= 15 is 0 Å². The lowest BCUT2D eigenvalue weighted by Gasteiger charge is -2.38. The van der Waals surface area contributed by atoms with Gasteiger partial charge in [0.2, 0.25) is 11.8 Å². The van der Waals surface area contributed by atoms with E-state index in [1.165, 1.54) is 5.56 Å². The van der Waals surface area contributed by atoms with Crippen LogP contribution in [0.5, 0.6) is 11.8 Å². The Bertz CT molecular complexity index is 1060. The molecule has 35 heavy (non-hydrogen) atoms. The molecule has 1 N–H and O–H groups in total. The molecule has 3 aromatic rings. The van der Waals surface area contributed by atoms with Crippen LogP contribution in [-0.4, -0.2) is 67.4 Å². The summed E-state index contributed by atoms with van der Waals surface area (Å²) in [6.45, 7) is 9.84. The fourth-order valence-electron chi connectivity index (χ4n) is 4.46. The largest absolute Gasteiger partial charge is 0.477 e. The molecule has 1 fully saturated rings. The third-order valence-electron chi connectivity index (χ3n) is 6.31. The van der Waals surface area contributed by atoms with Gasteiger partial charge in [-0.2, -0.15) is 0 Å². The molecule has 0 radical (unpaired) electrons. The zero-order valence-electron chi connectivity index (χ0n) is 21.1. The summed E-state index contributed by atoms with van der Waals surface area (Å²) < 4.78 is 12.1. The molecule has 2 aromatic heterocycles. The second-order valence-corrected chi connectivity index (χ2v) is 8.84. The summed E-state index contributed by atoms with van der Waals surface area (Å²) in [7, 11) is 2.12. The molecule has 7 nitrogen and oxygen atoms in total. The van der Waals surface area contributed by atoms with Crippen molar-refractivity contribution in [3.63, 3.8) is 0 Å². The Balaban J connectivity index is 1.56. The van der Waals surface area contributed by atoms with E-state index in [0.29, 0.717) is 31.0 Å². The minimum atomic E-state index is 0.414. The summed E-state index contributed by atoms with van der Waals surface area (Å²) in [5.41, 5.74) is 4.03. The number of aromatic nitrogens is 2. The van der Waals surface area contributed by atoms with E-state index in [4.69, 9.17) is 14.5 Å². The summed E-state index contributed by atoms with van der Waals surface area (Å²) in [5, 5.41) is 3.51. The molecular formula is C28H37N5O2. The number of piperazine rings is 1. The molecule has 186 valence electrons. The van der Waals surface area contributed by atoms with Gasteiger partial charge in [0.15, 0.2) is 0 Å². The van der Waals surface area contributed by atoms with E-state index in [-0.39, 0.29) is 0 Å². The number of anilines is 1. The maximum absolute atomic E-state index is 6.38. The highest BCUT2D eigenvalue weighted by atomic mass is 16.5. The molecule has 1 saturated heterocycles. The minimum absolute atomic E-state index is 0.414. The van der Waals surface area contributed by atoms with Gasteiger partial charge in [-0.05, 0) is 50.2 Å². The molecule has 0 saturated carbocycles. The summed E-state index contributed by atoms with van der Waals surface area (Å²) in [4.78, 5) is 14.1. The van der Waals surface area contributed by atoms with Gasteiger partial charge in [-0.1, -0.05) is 37.3 Å². The highest BCUT2D eigenvalue weighted by molar-refractivity contribution is 5.69. The second kappa shape index (κ2) is 12.5. The van der Waals surface area contributed by atoms with Crippen LogP contribution in [0.2, 0.25) is 0 Å². The number of hydrogen-bond donors (Lipinski definition) is 1. The summed E-state index contributed by atoms with van der Waals surface area (Å²) in [6, 6.07) is 19.0. The predicted molar refractivity (Wildman–Crippen MR) is 141 cm³/mol. The highest BCUT2D eigenvalue weighted by Crippen LogP contribution is 2.34. The first-order chi connectivity index (χ1) is 17.2.